The van der Waals surface area contributed by atoms with Gasteiger partial charge in [0.05, 0.1) is 0 Å². The molecule has 2 rings (SSSR count). The second-order valence-electron chi connectivity index (χ2n) is 4.59. The van der Waals surface area contributed by atoms with Gasteiger partial charge in [-0.25, -0.2) is 4.39 Å². The van der Waals surface area contributed by atoms with Crippen LogP contribution in [0.4, 0.5) is 8.78 Å². The highest BCUT2D eigenvalue weighted by Crippen LogP contribution is 2.30. The van der Waals surface area contributed by atoms with Crippen molar-refractivity contribution in [2.75, 3.05) is 0 Å². The van der Waals surface area contributed by atoms with Gasteiger partial charge in [-0.1, -0.05) is 17.7 Å². The zero-order valence-corrected chi connectivity index (χ0v) is 11.6. The molecule has 1 atom stereocenters. The molecule has 0 amide bonds. The maximum atomic E-state index is 13.6. The summed E-state index contributed by atoms with van der Waals surface area (Å²) in [5, 5.41) is 0.535. The van der Waals surface area contributed by atoms with Crippen molar-refractivity contribution in [1.29, 1.82) is 0 Å². The smallest absolute Gasteiger partial charge is 0.201 e. The fraction of sp³-hybridized carbons (Fsp3) is 0.200. The van der Waals surface area contributed by atoms with Crippen molar-refractivity contribution in [3.05, 3.63) is 58.6 Å². The zero-order chi connectivity index (χ0) is 14.7. The summed E-state index contributed by atoms with van der Waals surface area (Å²) in [6.45, 7) is 1.84. The molecule has 0 aliphatic carbocycles. The predicted octanol–water partition coefficient (Wildman–Crippen LogP) is 4.30. The van der Waals surface area contributed by atoms with Crippen molar-refractivity contribution in [3.8, 4) is 11.5 Å². The highest BCUT2D eigenvalue weighted by atomic mass is 35.5. The molecule has 0 aromatic heterocycles. The van der Waals surface area contributed by atoms with E-state index in [0.29, 0.717) is 17.2 Å². The van der Waals surface area contributed by atoms with Crippen molar-refractivity contribution in [3.63, 3.8) is 0 Å². The van der Waals surface area contributed by atoms with Crippen LogP contribution in [0.5, 0.6) is 11.5 Å². The standard InChI is InChI=1S/C15H14ClF2NO/c1-9(19)7-10-8-11(16)5-6-13(10)20-14-4-2-3-12(17)15(14)18/h2-6,8-9H,7,19H2,1H3. The van der Waals surface area contributed by atoms with E-state index in [1.807, 2.05) is 6.92 Å². The summed E-state index contributed by atoms with van der Waals surface area (Å²) >= 11 is 5.93. The highest BCUT2D eigenvalue weighted by molar-refractivity contribution is 6.30. The van der Waals surface area contributed by atoms with E-state index in [1.165, 1.54) is 12.1 Å². The van der Waals surface area contributed by atoms with E-state index in [1.54, 1.807) is 18.2 Å². The van der Waals surface area contributed by atoms with E-state index < -0.39 is 11.6 Å². The third-order valence-corrected chi connectivity index (χ3v) is 2.94. The summed E-state index contributed by atoms with van der Waals surface area (Å²) < 4.78 is 32.2. The van der Waals surface area contributed by atoms with Crippen molar-refractivity contribution in [2.24, 2.45) is 5.73 Å². The van der Waals surface area contributed by atoms with E-state index in [-0.39, 0.29) is 11.8 Å². The number of nitrogens with two attached hydrogens (primary N) is 1. The van der Waals surface area contributed by atoms with Gasteiger partial charge in [0.1, 0.15) is 5.75 Å². The largest absolute Gasteiger partial charge is 0.454 e. The minimum atomic E-state index is -1.02. The maximum absolute atomic E-state index is 13.6. The number of hydrogen-bond acceptors (Lipinski definition) is 2. The molecule has 0 aliphatic heterocycles. The van der Waals surface area contributed by atoms with E-state index in [0.717, 1.165) is 11.6 Å². The molecule has 0 bridgehead atoms. The average molecular weight is 298 g/mol. The van der Waals surface area contributed by atoms with E-state index in [2.05, 4.69) is 0 Å². The molecule has 20 heavy (non-hydrogen) atoms. The summed E-state index contributed by atoms with van der Waals surface area (Å²) in [7, 11) is 0. The summed E-state index contributed by atoms with van der Waals surface area (Å²) in [5.41, 5.74) is 6.50. The molecule has 5 heteroatoms. The van der Waals surface area contributed by atoms with Gasteiger partial charge >= 0.3 is 0 Å². The molecule has 2 aromatic rings. The number of halogens is 3. The molecule has 0 aliphatic rings. The van der Waals surface area contributed by atoms with Crippen molar-refractivity contribution >= 4 is 11.6 Å². The number of rotatable bonds is 4. The maximum Gasteiger partial charge on any atom is 0.201 e. The van der Waals surface area contributed by atoms with E-state index in [4.69, 9.17) is 22.1 Å². The van der Waals surface area contributed by atoms with Gasteiger partial charge in [-0.15, -0.1) is 0 Å². The van der Waals surface area contributed by atoms with Crippen molar-refractivity contribution < 1.29 is 13.5 Å². The zero-order valence-electron chi connectivity index (χ0n) is 10.9. The Kier molecular flexibility index (Phi) is 4.57. The first kappa shape index (κ1) is 14.8. The Hall–Kier alpha value is -1.65. The normalized spacial score (nSPS) is 12.2. The van der Waals surface area contributed by atoms with Crippen LogP contribution in [0.3, 0.4) is 0 Å². The minimum absolute atomic E-state index is 0.104. The second kappa shape index (κ2) is 6.20. The first-order valence-corrected chi connectivity index (χ1v) is 6.51. The average Bonchev–Trinajstić information content (AvgIpc) is 2.37. The molecule has 106 valence electrons. The molecular weight excluding hydrogens is 284 g/mol. The number of benzene rings is 2. The highest BCUT2D eigenvalue weighted by Gasteiger charge is 2.13. The van der Waals surface area contributed by atoms with Crippen LogP contribution in [-0.4, -0.2) is 6.04 Å². The quantitative estimate of drug-likeness (QED) is 0.913. The molecule has 0 saturated heterocycles. The number of ether oxygens (including phenoxy) is 1. The third-order valence-electron chi connectivity index (χ3n) is 2.70. The lowest BCUT2D eigenvalue weighted by molar-refractivity contribution is 0.412. The molecule has 0 radical (unpaired) electrons. The summed E-state index contributed by atoms with van der Waals surface area (Å²) in [6, 6.07) is 8.62. The van der Waals surface area contributed by atoms with Crippen LogP contribution in [0.2, 0.25) is 5.02 Å². The van der Waals surface area contributed by atoms with E-state index in [9.17, 15) is 8.78 Å². The molecule has 2 aromatic carbocycles. The predicted molar refractivity (Wildman–Crippen MR) is 75.2 cm³/mol. The van der Waals surface area contributed by atoms with Crippen LogP contribution in [-0.2, 0) is 6.42 Å². The number of hydrogen-bond donors (Lipinski definition) is 1. The summed E-state index contributed by atoms with van der Waals surface area (Å²) in [6.07, 6.45) is 0.521. The van der Waals surface area contributed by atoms with Gasteiger partial charge in [0.15, 0.2) is 11.6 Å². The Labute approximate surface area is 121 Å². The Morgan fingerprint density at radius 1 is 1.20 bits per heavy atom. The van der Waals surface area contributed by atoms with Gasteiger partial charge in [0.2, 0.25) is 5.82 Å². The van der Waals surface area contributed by atoms with Crippen LogP contribution in [0, 0.1) is 11.6 Å². The molecule has 0 saturated carbocycles. The van der Waals surface area contributed by atoms with Crippen molar-refractivity contribution in [1.82, 2.24) is 0 Å². The van der Waals surface area contributed by atoms with Gasteiger partial charge in [0, 0.05) is 11.1 Å². The molecule has 0 fully saturated rings. The van der Waals surface area contributed by atoms with Gasteiger partial charge in [-0.2, -0.15) is 4.39 Å². The Bertz CT molecular complexity index is 617. The fourth-order valence-corrected chi connectivity index (χ4v) is 2.03. The van der Waals surface area contributed by atoms with Crippen molar-refractivity contribution in [2.45, 2.75) is 19.4 Å². The first-order valence-electron chi connectivity index (χ1n) is 6.13. The molecule has 2 nitrogen and oxygen atoms in total. The third kappa shape index (κ3) is 3.46. The molecule has 0 spiro atoms. The molecule has 2 N–H and O–H groups in total. The van der Waals surface area contributed by atoms with Crippen LogP contribution in [0.1, 0.15) is 12.5 Å². The van der Waals surface area contributed by atoms with Gasteiger partial charge in [-0.05, 0) is 49.2 Å². The van der Waals surface area contributed by atoms with Gasteiger partial charge in [-0.3, -0.25) is 0 Å². The van der Waals surface area contributed by atoms with Crippen LogP contribution >= 0.6 is 11.6 Å². The van der Waals surface area contributed by atoms with Crippen LogP contribution < -0.4 is 10.5 Å². The van der Waals surface area contributed by atoms with Gasteiger partial charge < -0.3 is 10.5 Å². The lowest BCUT2D eigenvalue weighted by Gasteiger charge is -2.14. The SMILES string of the molecule is CC(N)Cc1cc(Cl)ccc1Oc1cccc(F)c1F. The first-order chi connectivity index (χ1) is 9.47. The van der Waals surface area contributed by atoms with Gasteiger partial charge in [0.25, 0.3) is 0 Å². The second-order valence-corrected chi connectivity index (χ2v) is 5.02. The van der Waals surface area contributed by atoms with Crippen LogP contribution in [0.25, 0.3) is 0 Å². The Balaban J connectivity index is 2.35. The lowest BCUT2D eigenvalue weighted by atomic mass is 10.1. The molecular formula is C15H14ClF2NO. The minimum Gasteiger partial charge on any atom is -0.454 e. The summed E-state index contributed by atoms with van der Waals surface area (Å²) in [5.74, 6) is -1.73. The molecule has 1 unspecified atom stereocenters. The monoisotopic (exact) mass is 297 g/mol. The Morgan fingerprint density at radius 2 is 1.95 bits per heavy atom. The van der Waals surface area contributed by atoms with Crippen LogP contribution in [0.15, 0.2) is 36.4 Å². The lowest BCUT2D eigenvalue weighted by Crippen LogP contribution is -2.18. The molecule has 0 heterocycles. The van der Waals surface area contributed by atoms with E-state index >= 15 is 0 Å². The Morgan fingerprint density at radius 3 is 2.65 bits per heavy atom. The topological polar surface area (TPSA) is 35.2 Å². The summed E-state index contributed by atoms with van der Waals surface area (Å²) in [4.78, 5) is 0. The fourth-order valence-electron chi connectivity index (χ4n) is 1.84.